The maximum absolute atomic E-state index is 11.5. The van der Waals surface area contributed by atoms with E-state index < -0.39 is 5.92 Å². The molecule has 14 heavy (non-hydrogen) atoms. The first-order valence-corrected chi connectivity index (χ1v) is 5.15. The Hall–Kier alpha value is -1.28. The average Bonchev–Trinajstić information content (AvgIpc) is 2.36. The Morgan fingerprint density at radius 2 is 2.29 bits per heavy atom. The van der Waals surface area contributed by atoms with Crippen LogP contribution < -0.4 is 0 Å². The van der Waals surface area contributed by atoms with Crippen LogP contribution in [0.25, 0.3) is 0 Å². The predicted octanol–water partition coefficient (Wildman–Crippen LogP) is 2.30. The highest BCUT2D eigenvalue weighted by Gasteiger charge is 2.29. The van der Waals surface area contributed by atoms with Crippen LogP contribution in [-0.4, -0.2) is 5.78 Å². The largest absolute Gasteiger partial charge is 0.298 e. The molecule has 1 aliphatic rings. The molecule has 0 bridgehead atoms. The van der Waals surface area contributed by atoms with Crippen molar-refractivity contribution in [3.63, 3.8) is 0 Å². The molecule has 74 valence electrons. The van der Waals surface area contributed by atoms with Crippen LogP contribution in [0.5, 0.6) is 0 Å². The summed E-state index contributed by atoms with van der Waals surface area (Å²) in [5, 5.41) is 8.93. The van der Waals surface area contributed by atoms with Crippen molar-refractivity contribution in [1.29, 1.82) is 5.26 Å². The van der Waals surface area contributed by atoms with Gasteiger partial charge in [0.05, 0.1) is 6.07 Å². The van der Waals surface area contributed by atoms with Crippen molar-refractivity contribution in [2.24, 2.45) is 11.8 Å². The Bertz CT molecular complexity index is 282. The van der Waals surface area contributed by atoms with Crippen molar-refractivity contribution in [3.05, 3.63) is 0 Å². The zero-order chi connectivity index (χ0) is 10.4. The van der Waals surface area contributed by atoms with Gasteiger partial charge in [-0.1, -0.05) is 6.42 Å². The van der Waals surface area contributed by atoms with E-state index in [1.165, 1.54) is 0 Å². The van der Waals surface area contributed by atoms with Gasteiger partial charge in [0.15, 0.2) is 0 Å². The molecular weight excluding hydrogens is 174 g/mol. The molecule has 0 aromatic rings. The average molecular weight is 189 g/mol. The fourth-order valence-corrected chi connectivity index (χ4v) is 2.05. The van der Waals surface area contributed by atoms with Crippen LogP contribution in [-0.2, 0) is 4.79 Å². The van der Waals surface area contributed by atoms with E-state index in [0.717, 1.165) is 25.7 Å². The molecule has 0 heterocycles. The number of carbonyl (C=O) groups is 1. The maximum atomic E-state index is 11.5. The van der Waals surface area contributed by atoms with Gasteiger partial charge < -0.3 is 0 Å². The monoisotopic (exact) mass is 189 g/mol. The molecule has 1 saturated carbocycles. The summed E-state index contributed by atoms with van der Waals surface area (Å²) in [6.45, 7) is 0. The van der Waals surface area contributed by atoms with Gasteiger partial charge in [-0.15, -0.1) is 12.3 Å². The van der Waals surface area contributed by atoms with E-state index in [1.54, 1.807) is 0 Å². The first-order valence-electron chi connectivity index (χ1n) is 5.15. The van der Waals surface area contributed by atoms with Crippen LogP contribution >= 0.6 is 0 Å². The van der Waals surface area contributed by atoms with E-state index in [9.17, 15) is 4.79 Å². The highest BCUT2D eigenvalue weighted by atomic mass is 16.1. The molecule has 0 amide bonds. The third-order valence-electron chi connectivity index (χ3n) is 2.86. The number of terminal acetylenes is 1. The molecule has 0 aromatic heterocycles. The smallest absolute Gasteiger partial charge is 0.150 e. The molecule has 0 radical (unpaired) electrons. The third-order valence-corrected chi connectivity index (χ3v) is 2.86. The van der Waals surface area contributed by atoms with Gasteiger partial charge in [0.25, 0.3) is 0 Å². The fraction of sp³-hybridized carbons (Fsp3) is 0.667. The molecule has 0 spiro atoms. The molecular formula is C12H15NO. The first-order chi connectivity index (χ1) is 6.79. The highest BCUT2D eigenvalue weighted by Crippen LogP contribution is 2.29. The van der Waals surface area contributed by atoms with E-state index in [0.29, 0.717) is 12.8 Å². The molecule has 0 aromatic carbocycles. The molecule has 2 nitrogen and oxygen atoms in total. The minimum absolute atomic E-state index is 0.118. The number of hydrogen-bond acceptors (Lipinski definition) is 2. The summed E-state index contributed by atoms with van der Waals surface area (Å²) in [6, 6.07) is 2.13. The number of nitriles is 1. The van der Waals surface area contributed by atoms with Crippen LogP contribution in [0.3, 0.4) is 0 Å². The summed E-state index contributed by atoms with van der Waals surface area (Å²) in [7, 11) is 0. The molecule has 2 unspecified atom stereocenters. The van der Waals surface area contributed by atoms with Crippen molar-refractivity contribution in [2.45, 2.75) is 38.5 Å². The number of ketones is 1. The summed E-state index contributed by atoms with van der Waals surface area (Å²) in [5.74, 6) is 2.49. The maximum Gasteiger partial charge on any atom is 0.150 e. The number of Topliss-reactive ketones (excluding diaryl/α,β-unsaturated/α-hetero) is 1. The van der Waals surface area contributed by atoms with Crippen molar-refractivity contribution in [1.82, 2.24) is 0 Å². The normalized spacial score (nSPS) is 27.4. The quantitative estimate of drug-likeness (QED) is 0.494. The molecule has 1 fully saturated rings. The molecule has 0 saturated heterocycles. The SMILES string of the molecule is C#CCCC1CCCCC(=O)C1C#N. The zero-order valence-electron chi connectivity index (χ0n) is 8.33. The van der Waals surface area contributed by atoms with E-state index in [1.807, 2.05) is 0 Å². The summed E-state index contributed by atoms with van der Waals surface area (Å²) in [6.07, 6.45) is 10.2. The number of rotatable bonds is 2. The fourth-order valence-electron chi connectivity index (χ4n) is 2.05. The summed E-state index contributed by atoms with van der Waals surface area (Å²) >= 11 is 0. The van der Waals surface area contributed by atoms with Crippen molar-refractivity contribution >= 4 is 5.78 Å². The lowest BCUT2D eigenvalue weighted by Crippen LogP contribution is -2.20. The molecule has 2 heteroatoms. The number of carbonyl (C=O) groups excluding carboxylic acids is 1. The van der Waals surface area contributed by atoms with Crippen LogP contribution in [0.1, 0.15) is 38.5 Å². The van der Waals surface area contributed by atoms with Crippen LogP contribution in [0.15, 0.2) is 0 Å². The summed E-state index contributed by atoms with van der Waals surface area (Å²) in [4.78, 5) is 11.5. The van der Waals surface area contributed by atoms with Gasteiger partial charge in [-0.3, -0.25) is 4.79 Å². The second-order valence-electron chi connectivity index (χ2n) is 3.82. The van der Waals surface area contributed by atoms with Crippen LogP contribution in [0, 0.1) is 35.5 Å². The Kier molecular flexibility index (Phi) is 4.20. The van der Waals surface area contributed by atoms with E-state index in [2.05, 4.69) is 12.0 Å². The lowest BCUT2D eigenvalue weighted by molar-refractivity contribution is -0.122. The van der Waals surface area contributed by atoms with E-state index >= 15 is 0 Å². The Labute approximate surface area is 85.3 Å². The molecule has 0 aliphatic heterocycles. The van der Waals surface area contributed by atoms with Crippen molar-refractivity contribution in [2.75, 3.05) is 0 Å². The molecule has 0 N–H and O–H groups in total. The van der Waals surface area contributed by atoms with Gasteiger partial charge in [0, 0.05) is 12.8 Å². The Morgan fingerprint density at radius 3 is 2.93 bits per heavy atom. The molecule has 2 atom stereocenters. The van der Waals surface area contributed by atoms with Crippen molar-refractivity contribution in [3.8, 4) is 18.4 Å². The second-order valence-corrected chi connectivity index (χ2v) is 3.82. The Morgan fingerprint density at radius 1 is 1.50 bits per heavy atom. The minimum atomic E-state index is -0.397. The molecule has 1 rings (SSSR count). The zero-order valence-corrected chi connectivity index (χ0v) is 8.33. The third kappa shape index (κ3) is 2.60. The van der Waals surface area contributed by atoms with Gasteiger partial charge in [0.1, 0.15) is 11.7 Å². The number of hydrogen-bond donors (Lipinski definition) is 0. The molecule has 1 aliphatic carbocycles. The van der Waals surface area contributed by atoms with Gasteiger partial charge >= 0.3 is 0 Å². The van der Waals surface area contributed by atoms with Gasteiger partial charge in [-0.05, 0) is 25.2 Å². The lowest BCUT2D eigenvalue weighted by atomic mass is 9.85. The van der Waals surface area contributed by atoms with Gasteiger partial charge in [0.2, 0.25) is 0 Å². The summed E-state index contributed by atoms with van der Waals surface area (Å²) < 4.78 is 0. The second kappa shape index (κ2) is 5.45. The lowest BCUT2D eigenvalue weighted by Gasteiger charge is -2.16. The van der Waals surface area contributed by atoms with Crippen LogP contribution in [0.2, 0.25) is 0 Å². The topological polar surface area (TPSA) is 40.9 Å². The Balaban J connectivity index is 2.64. The highest BCUT2D eigenvalue weighted by molar-refractivity contribution is 5.83. The van der Waals surface area contributed by atoms with E-state index in [4.69, 9.17) is 11.7 Å². The van der Waals surface area contributed by atoms with Gasteiger partial charge in [-0.25, -0.2) is 0 Å². The summed E-state index contributed by atoms with van der Waals surface area (Å²) in [5.41, 5.74) is 0. The van der Waals surface area contributed by atoms with Crippen LogP contribution in [0.4, 0.5) is 0 Å². The van der Waals surface area contributed by atoms with E-state index in [-0.39, 0.29) is 11.7 Å². The first kappa shape index (κ1) is 10.8. The standard InChI is InChI=1S/C12H15NO/c1-2-3-6-10-7-4-5-8-12(14)11(10)9-13/h1,10-11H,3-8H2. The van der Waals surface area contributed by atoms with Crippen molar-refractivity contribution < 1.29 is 4.79 Å². The number of nitrogens with zero attached hydrogens (tertiary/aromatic N) is 1. The minimum Gasteiger partial charge on any atom is -0.298 e. The predicted molar refractivity (Wildman–Crippen MR) is 54.1 cm³/mol. The van der Waals surface area contributed by atoms with Gasteiger partial charge in [-0.2, -0.15) is 5.26 Å².